The van der Waals surface area contributed by atoms with Gasteiger partial charge in [0.2, 0.25) is 0 Å². The second-order valence-corrected chi connectivity index (χ2v) is 5.08. The number of benzene rings is 1. The molecule has 2 rings (SSSR count). The van der Waals surface area contributed by atoms with Crippen LogP contribution >= 0.6 is 0 Å². The summed E-state index contributed by atoms with van der Waals surface area (Å²) < 4.78 is 6.67. The molecule has 1 aromatic carbocycles. The Morgan fingerprint density at radius 1 is 1.27 bits per heavy atom. The van der Waals surface area contributed by atoms with Crippen molar-refractivity contribution in [2.45, 2.75) is 39.8 Å². The van der Waals surface area contributed by atoms with Crippen LogP contribution in [-0.2, 0) is 16.1 Å². The predicted octanol–water partition coefficient (Wildman–Crippen LogP) is 2.49. The van der Waals surface area contributed by atoms with Crippen LogP contribution in [0, 0.1) is 0 Å². The van der Waals surface area contributed by atoms with Crippen LogP contribution < -0.4 is 0 Å². The van der Waals surface area contributed by atoms with E-state index in [1.165, 1.54) is 11.6 Å². The monoisotopic (exact) mass is 301 g/mol. The van der Waals surface area contributed by atoms with Gasteiger partial charge in [-0.15, -0.1) is 5.10 Å². The van der Waals surface area contributed by atoms with E-state index in [1.807, 2.05) is 44.2 Å². The van der Waals surface area contributed by atoms with E-state index in [9.17, 15) is 9.59 Å². The number of ether oxygens (including phenoxy) is 1. The summed E-state index contributed by atoms with van der Waals surface area (Å²) >= 11 is 0. The predicted molar refractivity (Wildman–Crippen MR) is 81.3 cm³/mol. The van der Waals surface area contributed by atoms with Gasteiger partial charge in [0.1, 0.15) is 12.2 Å². The summed E-state index contributed by atoms with van der Waals surface area (Å²) in [4.78, 5) is 23.7. The molecule has 0 aliphatic rings. The second-order valence-electron chi connectivity index (χ2n) is 5.08. The molecule has 2 aromatic rings. The van der Waals surface area contributed by atoms with Crippen LogP contribution in [0.3, 0.4) is 0 Å². The molecule has 6 heteroatoms. The fraction of sp³-hybridized carbons (Fsp3) is 0.375. The van der Waals surface area contributed by atoms with Gasteiger partial charge in [-0.25, -0.2) is 4.68 Å². The lowest BCUT2D eigenvalue weighted by atomic mass is 10.1. The van der Waals surface area contributed by atoms with Crippen molar-refractivity contribution in [2.24, 2.45) is 0 Å². The number of carbonyl (C=O) groups is 2. The number of aromatic nitrogens is 3. The highest BCUT2D eigenvalue weighted by Gasteiger charge is 2.20. The van der Waals surface area contributed by atoms with Gasteiger partial charge in [0, 0.05) is 12.5 Å². The first-order valence-corrected chi connectivity index (χ1v) is 7.22. The van der Waals surface area contributed by atoms with Gasteiger partial charge in [0.05, 0.1) is 6.10 Å². The largest absolute Gasteiger partial charge is 0.461 e. The maximum Gasteiger partial charge on any atom is 0.328 e. The molecule has 0 bridgehead atoms. The quantitative estimate of drug-likeness (QED) is 0.605. The summed E-state index contributed by atoms with van der Waals surface area (Å²) in [6.07, 6.45) is 0.594. The van der Waals surface area contributed by atoms with E-state index < -0.39 is 5.97 Å². The zero-order valence-corrected chi connectivity index (χ0v) is 12.9. The average Bonchev–Trinajstić information content (AvgIpc) is 2.91. The average molecular weight is 301 g/mol. The highest BCUT2D eigenvalue weighted by molar-refractivity contribution is 5.98. The van der Waals surface area contributed by atoms with Gasteiger partial charge in [-0.1, -0.05) is 42.5 Å². The van der Waals surface area contributed by atoms with E-state index in [4.69, 9.17) is 4.74 Å². The molecule has 0 amide bonds. The third kappa shape index (κ3) is 3.58. The van der Waals surface area contributed by atoms with Crippen LogP contribution in [0.4, 0.5) is 0 Å². The van der Waals surface area contributed by atoms with Crippen LogP contribution in [0.5, 0.6) is 0 Å². The van der Waals surface area contributed by atoms with Crippen molar-refractivity contribution in [3.8, 4) is 11.3 Å². The highest BCUT2D eigenvalue weighted by atomic mass is 16.5. The molecule has 1 heterocycles. The summed E-state index contributed by atoms with van der Waals surface area (Å²) in [7, 11) is 0. The van der Waals surface area contributed by atoms with E-state index in [-0.39, 0.29) is 24.1 Å². The molecule has 1 aromatic heterocycles. The zero-order valence-electron chi connectivity index (χ0n) is 12.9. The minimum absolute atomic E-state index is 0.0746. The van der Waals surface area contributed by atoms with Crippen LogP contribution in [-0.4, -0.2) is 32.9 Å². The number of carbonyl (C=O) groups excluding carboxylic acids is 2. The summed E-state index contributed by atoms with van der Waals surface area (Å²) in [6, 6.07) is 9.29. The number of esters is 1. The number of nitrogens with zero attached hydrogens (tertiary/aromatic N) is 3. The van der Waals surface area contributed by atoms with Gasteiger partial charge in [0.15, 0.2) is 11.5 Å². The first-order valence-electron chi connectivity index (χ1n) is 7.22. The zero-order chi connectivity index (χ0) is 16.1. The normalized spacial score (nSPS) is 12.0. The lowest BCUT2D eigenvalue weighted by Crippen LogP contribution is -2.20. The standard InChI is InChI=1S/C16H19N3O3/c1-4-11(2)22-14(21)10-19-16(13-8-6-5-7-9-13)15(12(3)20)17-18-19/h5-9,11H,4,10H2,1-3H3. The molecular weight excluding hydrogens is 282 g/mol. The topological polar surface area (TPSA) is 74.1 Å². The number of hydrogen-bond donors (Lipinski definition) is 0. The molecule has 1 unspecified atom stereocenters. The molecule has 0 aliphatic heterocycles. The van der Waals surface area contributed by atoms with Gasteiger partial charge in [-0.2, -0.15) is 0 Å². The Morgan fingerprint density at radius 3 is 2.55 bits per heavy atom. The van der Waals surface area contributed by atoms with Crippen LogP contribution in [0.2, 0.25) is 0 Å². The fourth-order valence-corrected chi connectivity index (χ4v) is 2.01. The third-order valence-electron chi connectivity index (χ3n) is 3.30. The van der Waals surface area contributed by atoms with Gasteiger partial charge in [-0.3, -0.25) is 9.59 Å². The van der Waals surface area contributed by atoms with E-state index in [2.05, 4.69) is 10.3 Å². The van der Waals surface area contributed by atoms with E-state index in [0.29, 0.717) is 5.69 Å². The van der Waals surface area contributed by atoms with Gasteiger partial charge in [0.25, 0.3) is 0 Å². The molecular formula is C16H19N3O3. The Hall–Kier alpha value is -2.50. The van der Waals surface area contributed by atoms with Crippen molar-refractivity contribution in [3.05, 3.63) is 36.0 Å². The van der Waals surface area contributed by atoms with Crippen LogP contribution in [0.1, 0.15) is 37.7 Å². The molecule has 22 heavy (non-hydrogen) atoms. The Bertz CT molecular complexity index is 665. The highest BCUT2D eigenvalue weighted by Crippen LogP contribution is 2.22. The Kier molecular flexibility index (Phi) is 5.04. The van der Waals surface area contributed by atoms with Crippen molar-refractivity contribution in [3.63, 3.8) is 0 Å². The lowest BCUT2D eigenvalue weighted by Gasteiger charge is -2.12. The number of Topliss-reactive ketones (excluding diaryl/α,β-unsaturated/α-hetero) is 1. The van der Waals surface area contributed by atoms with Crippen molar-refractivity contribution < 1.29 is 14.3 Å². The summed E-state index contributed by atoms with van der Waals surface area (Å²) in [5, 5.41) is 7.83. The van der Waals surface area contributed by atoms with E-state index >= 15 is 0 Å². The first-order chi connectivity index (χ1) is 10.5. The third-order valence-corrected chi connectivity index (χ3v) is 3.30. The molecule has 0 fully saturated rings. The Balaban J connectivity index is 2.33. The molecule has 0 radical (unpaired) electrons. The Labute approximate surface area is 129 Å². The maximum absolute atomic E-state index is 11.9. The van der Waals surface area contributed by atoms with Gasteiger partial charge in [-0.05, 0) is 13.3 Å². The Morgan fingerprint density at radius 2 is 1.95 bits per heavy atom. The lowest BCUT2D eigenvalue weighted by molar-refractivity contribution is -0.149. The maximum atomic E-state index is 11.9. The van der Waals surface area contributed by atoms with Crippen molar-refractivity contribution in [1.29, 1.82) is 0 Å². The molecule has 1 atom stereocenters. The number of hydrogen-bond acceptors (Lipinski definition) is 5. The van der Waals surface area contributed by atoms with Crippen molar-refractivity contribution in [2.75, 3.05) is 0 Å². The summed E-state index contributed by atoms with van der Waals surface area (Å²) in [5.41, 5.74) is 1.57. The minimum Gasteiger partial charge on any atom is -0.461 e. The molecule has 0 saturated heterocycles. The second kappa shape index (κ2) is 6.98. The molecule has 6 nitrogen and oxygen atoms in total. The fourth-order valence-electron chi connectivity index (χ4n) is 2.01. The number of rotatable bonds is 6. The number of ketones is 1. The van der Waals surface area contributed by atoms with E-state index in [1.54, 1.807) is 0 Å². The minimum atomic E-state index is -0.397. The summed E-state index contributed by atoms with van der Waals surface area (Å²) in [5.74, 6) is -0.591. The molecule has 0 spiro atoms. The van der Waals surface area contributed by atoms with Crippen molar-refractivity contribution >= 4 is 11.8 Å². The van der Waals surface area contributed by atoms with E-state index in [0.717, 1.165) is 12.0 Å². The smallest absolute Gasteiger partial charge is 0.328 e. The SMILES string of the molecule is CCC(C)OC(=O)Cn1nnc(C(C)=O)c1-c1ccccc1. The van der Waals surface area contributed by atoms with Gasteiger partial charge < -0.3 is 4.74 Å². The molecule has 0 saturated carbocycles. The molecule has 116 valence electrons. The molecule has 0 aliphatic carbocycles. The van der Waals surface area contributed by atoms with Crippen LogP contribution in [0.15, 0.2) is 30.3 Å². The van der Waals surface area contributed by atoms with Crippen LogP contribution in [0.25, 0.3) is 11.3 Å². The first kappa shape index (κ1) is 15.9. The van der Waals surface area contributed by atoms with Crippen molar-refractivity contribution in [1.82, 2.24) is 15.0 Å². The summed E-state index contributed by atoms with van der Waals surface area (Å²) in [6.45, 7) is 5.13. The molecule has 0 N–H and O–H groups in total. The van der Waals surface area contributed by atoms with Gasteiger partial charge >= 0.3 is 5.97 Å².